The molecule has 5 N–H and O–H groups in total. The van der Waals surface area contributed by atoms with E-state index in [2.05, 4.69) is 10.6 Å². The SMILES string of the molecule is CC(=O)OCC1=C(C(=O)O)N2C(=O)[C@@H](NC(=O)C(NC(=O)c3coc4cc(O)c(O)cc4c3=O)c3ccccc3)[C@@H]2SC1. The molecule has 2 aromatic carbocycles. The van der Waals surface area contributed by atoms with Crippen molar-refractivity contribution >= 4 is 52.4 Å². The second-order valence-corrected chi connectivity index (χ2v) is 10.7. The maximum Gasteiger partial charge on any atom is 0.352 e. The Bertz CT molecular complexity index is 1770. The van der Waals surface area contributed by atoms with E-state index in [0.717, 1.165) is 23.3 Å². The molecule has 1 saturated heterocycles. The van der Waals surface area contributed by atoms with E-state index in [1.54, 1.807) is 30.3 Å². The molecule has 15 heteroatoms. The number of hydrogen-bond donors (Lipinski definition) is 5. The number of benzene rings is 2. The first-order chi connectivity index (χ1) is 20.5. The Morgan fingerprint density at radius 2 is 1.81 bits per heavy atom. The molecule has 1 fully saturated rings. The number of nitrogens with zero attached hydrogens (tertiary/aromatic N) is 1. The lowest BCUT2D eigenvalue weighted by Gasteiger charge is -2.49. The van der Waals surface area contributed by atoms with Gasteiger partial charge in [-0.2, -0.15) is 0 Å². The van der Waals surface area contributed by atoms with Crippen molar-refractivity contribution in [2.75, 3.05) is 12.4 Å². The number of carbonyl (C=O) groups is 5. The fourth-order valence-corrected chi connectivity index (χ4v) is 6.01. The maximum absolute atomic E-state index is 13.5. The van der Waals surface area contributed by atoms with Crippen molar-refractivity contribution in [1.82, 2.24) is 15.5 Å². The van der Waals surface area contributed by atoms with Gasteiger partial charge in [0.2, 0.25) is 11.3 Å². The Kier molecular flexibility index (Phi) is 7.82. The number of carboxylic acids is 1. The number of hydrogen-bond acceptors (Lipinski definition) is 11. The third-order valence-corrected chi connectivity index (χ3v) is 8.12. The van der Waals surface area contributed by atoms with Crippen molar-refractivity contribution in [3.63, 3.8) is 0 Å². The molecule has 1 aromatic heterocycles. The van der Waals surface area contributed by atoms with Crippen LogP contribution in [0.3, 0.4) is 0 Å². The molecule has 0 aliphatic carbocycles. The van der Waals surface area contributed by atoms with E-state index >= 15 is 0 Å². The molecule has 2 aliphatic rings. The van der Waals surface area contributed by atoms with Gasteiger partial charge in [0.15, 0.2) is 11.5 Å². The monoisotopic (exact) mass is 609 g/mol. The molecule has 2 aliphatic heterocycles. The summed E-state index contributed by atoms with van der Waals surface area (Å²) in [5.74, 6) is -5.52. The topological polar surface area (TPSA) is 213 Å². The highest BCUT2D eigenvalue weighted by Crippen LogP contribution is 2.40. The van der Waals surface area contributed by atoms with Crippen LogP contribution in [0, 0.1) is 0 Å². The molecule has 3 atom stereocenters. The number of phenols is 2. The highest BCUT2D eigenvalue weighted by molar-refractivity contribution is 8.00. The van der Waals surface area contributed by atoms with Crippen LogP contribution in [0.2, 0.25) is 0 Å². The van der Waals surface area contributed by atoms with Crippen LogP contribution < -0.4 is 16.1 Å². The summed E-state index contributed by atoms with van der Waals surface area (Å²) in [6, 6.07) is 7.44. The quantitative estimate of drug-likeness (QED) is 0.137. The van der Waals surface area contributed by atoms with Crippen LogP contribution in [0.4, 0.5) is 0 Å². The van der Waals surface area contributed by atoms with Gasteiger partial charge in [-0.05, 0) is 11.6 Å². The number of nitrogens with one attached hydrogen (secondary N) is 2. The van der Waals surface area contributed by atoms with Crippen molar-refractivity contribution in [1.29, 1.82) is 0 Å². The number of carboxylic acid groups (broad SMARTS) is 1. The number of fused-ring (bicyclic) bond motifs is 2. The van der Waals surface area contributed by atoms with Gasteiger partial charge < -0.3 is 35.1 Å². The van der Waals surface area contributed by atoms with E-state index < -0.39 is 69.6 Å². The first-order valence-electron chi connectivity index (χ1n) is 12.6. The molecule has 3 amide bonds. The van der Waals surface area contributed by atoms with Gasteiger partial charge >= 0.3 is 11.9 Å². The Morgan fingerprint density at radius 3 is 2.49 bits per heavy atom. The van der Waals surface area contributed by atoms with Crippen LogP contribution in [-0.4, -0.2) is 73.7 Å². The molecule has 3 heterocycles. The predicted molar refractivity (Wildman–Crippen MR) is 149 cm³/mol. The zero-order valence-electron chi connectivity index (χ0n) is 22.2. The minimum absolute atomic E-state index is 0.0852. The van der Waals surface area contributed by atoms with E-state index in [-0.39, 0.29) is 34.6 Å². The lowest BCUT2D eigenvalue weighted by Crippen LogP contribution is -2.71. The fourth-order valence-electron chi connectivity index (χ4n) is 4.68. The van der Waals surface area contributed by atoms with E-state index in [1.807, 2.05) is 0 Å². The summed E-state index contributed by atoms with van der Waals surface area (Å²) >= 11 is 1.17. The van der Waals surface area contributed by atoms with E-state index in [0.29, 0.717) is 5.56 Å². The van der Waals surface area contributed by atoms with Crippen molar-refractivity contribution in [3.05, 3.63) is 81.3 Å². The number of aliphatic carboxylic acids is 1. The van der Waals surface area contributed by atoms with Gasteiger partial charge in [-0.15, -0.1) is 11.8 Å². The number of carbonyl (C=O) groups excluding carboxylic acids is 4. The van der Waals surface area contributed by atoms with E-state index in [4.69, 9.17) is 9.15 Å². The number of thioether (sulfide) groups is 1. The Labute approximate surface area is 245 Å². The lowest BCUT2D eigenvalue weighted by molar-refractivity contribution is -0.151. The van der Waals surface area contributed by atoms with Gasteiger partial charge in [-0.1, -0.05) is 30.3 Å². The molecule has 222 valence electrons. The largest absolute Gasteiger partial charge is 0.504 e. The normalized spacial score (nSPS) is 18.3. The molecular formula is C28H23N3O11S. The zero-order valence-corrected chi connectivity index (χ0v) is 23.0. The number of esters is 1. The molecular weight excluding hydrogens is 586 g/mol. The Balaban J connectivity index is 1.38. The summed E-state index contributed by atoms with van der Waals surface area (Å²) < 4.78 is 10.2. The molecule has 0 bridgehead atoms. The second-order valence-electron chi connectivity index (χ2n) is 9.57. The minimum Gasteiger partial charge on any atom is -0.504 e. The molecule has 0 radical (unpaired) electrons. The van der Waals surface area contributed by atoms with Crippen molar-refractivity contribution < 1.29 is 48.4 Å². The first kappa shape index (κ1) is 29.2. The minimum atomic E-state index is -1.39. The predicted octanol–water partition coefficient (Wildman–Crippen LogP) is 0.977. The second kappa shape index (κ2) is 11.5. The molecule has 0 saturated carbocycles. The maximum atomic E-state index is 13.5. The van der Waals surface area contributed by atoms with Crippen molar-refractivity contribution in [2.24, 2.45) is 0 Å². The van der Waals surface area contributed by atoms with Crippen molar-refractivity contribution in [2.45, 2.75) is 24.4 Å². The van der Waals surface area contributed by atoms with E-state index in [9.17, 15) is 44.1 Å². The van der Waals surface area contributed by atoms with Crippen LogP contribution >= 0.6 is 11.8 Å². The third-order valence-electron chi connectivity index (χ3n) is 6.78. The van der Waals surface area contributed by atoms with Gasteiger partial charge in [0.05, 0.1) is 5.39 Å². The lowest BCUT2D eigenvalue weighted by atomic mass is 10.0. The number of aromatic hydroxyl groups is 2. The summed E-state index contributed by atoms with van der Waals surface area (Å²) in [5, 5.41) is 33.3. The third kappa shape index (κ3) is 5.49. The zero-order chi connectivity index (χ0) is 31.0. The first-order valence-corrected chi connectivity index (χ1v) is 13.7. The molecule has 3 aromatic rings. The number of ether oxygens (including phenoxy) is 1. The van der Waals surface area contributed by atoms with Gasteiger partial charge in [0, 0.05) is 24.3 Å². The van der Waals surface area contributed by atoms with Crippen LogP contribution in [-0.2, 0) is 23.9 Å². The van der Waals surface area contributed by atoms with E-state index in [1.165, 1.54) is 18.7 Å². The Hall–Kier alpha value is -5.31. The fraction of sp³-hybridized carbons (Fsp3) is 0.214. The Morgan fingerprint density at radius 1 is 1.12 bits per heavy atom. The number of phenolic OH excluding ortho intramolecular Hbond substituents is 2. The van der Waals surface area contributed by atoms with Crippen LogP contribution in [0.1, 0.15) is 28.9 Å². The smallest absolute Gasteiger partial charge is 0.352 e. The highest BCUT2D eigenvalue weighted by Gasteiger charge is 2.54. The summed E-state index contributed by atoms with van der Waals surface area (Å²) in [6.45, 7) is 0.869. The molecule has 1 unspecified atom stereocenters. The summed E-state index contributed by atoms with van der Waals surface area (Å²) in [7, 11) is 0. The van der Waals surface area contributed by atoms with Crippen LogP contribution in [0.25, 0.3) is 11.0 Å². The number of rotatable bonds is 8. The molecule has 0 spiro atoms. The number of amides is 3. The summed E-state index contributed by atoms with van der Waals surface area (Å²) in [6.07, 6.45) is 0.857. The van der Waals surface area contributed by atoms with Gasteiger partial charge in [-0.25, -0.2) is 4.79 Å². The van der Waals surface area contributed by atoms with Crippen LogP contribution in [0.15, 0.2) is 69.2 Å². The number of β-lactam (4-membered cyclic amide) rings is 1. The van der Waals surface area contributed by atoms with Crippen molar-refractivity contribution in [3.8, 4) is 11.5 Å². The van der Waals surface area contributed by atoms with Gasteiger partial charge in [0.25, 0.3) is 11.8 Å². The van der Waals surface area contributed by atoms with Gasteiger partial charge in [0.1, 0.15) is 47.2 Å². The van der Waals surface area contributed by atoms with Crippen LogP contribution in [0.5, 0.6) is 11.5 Å². The average molecular weight is 610 g/mol. The summed E-state index contributed by atoms with van der Waals surface area (Å²) in [4.78, 5) is 77.0. The highest BCUT2D eigenvalue weighted by atomic mass is 32.2. The molecule has 5 rings (SSSR count). The summed E-state index contributed by atoms with van der Waals surface area (Å²) in [5.41, 5.74) is -1.18. The average Bonchev–Trinajstić information content (AvgIpc) is 2.98. The standard InChI is InChI=1S/C28H23N3O11S/c1-12(32)41-9-14-11-43-27-21(26(38)31(27)22(14)28(39)40)30-25(37)20(13-5-3-2-4-6-13)29-24(36)16-10-42-19-8-18(34)17(33)7-15(19)23(16)35/h2-8,10,20-21,27,33-34H,9,11H2,1H3,(H,29,36)(H,30,37)(H,39,40)/t20?,21-,27+/m1/s1. The molecule has 43 heavy (non-hydrogen) atoms. The van der Waals surface area contributed by atoms with Gasteiger partial charge in [-0.3, -0.25) is 28.9 Å². The molecule has 14 nitrogen and oxygen atoms in total.